The van der Waals surface area contributed by atoms with Crippen LogP contribution in [0.1, 0.15) is 47.3 Å². The Morgan fingerprint density at radius 2 is 1.79 bits per heavy atom. The Morgan fingerprint density at radius 1 is 1.07 bits per heavy atom. The summed E-state index contributed by atoms with van der Waals surface area (Å²) < 4.78 is 27.1. The Bertz CT molecular complexity index is 995. The molecule has 1 heterocycles. The Labute approximate surface area is 168 Å². The molecule has 150 valence electrons. The summed E-state index contributed by atoms with van der Waals surface area (Å²) in [4.78, 5) is 15.3. The van der Waals surface area contributed by atoms with E-state index in [1.54, 1.807) is 23.1 Å². The van der Waals surface area contributed by atoms with Crippen LogP contribution in [0.25, 0.3) is 0 Å². The molecule has 5 nitrogen and oxygen atoms in total. The van der Waals surface area contributed by atoms with E-state index in [2.05, 4.69) is 0 Å². The quantitative estimate of drug-likeness (QED) is 0.764. The van der Waals surface area contributed by atoms with Gasteiger partial charge >= 0.3 is 0 Å². The topological polar surface area (TPSA) is 57.7 Å². The lowest BCUT2D eigenvalue weighted by Gasteiger charge is -2.31. The van der Waals surface area contributed by atoms with Gasteiger partial charge in [-0.1, -0.05) is 31.5 Å². The standard InChI is InChI=1S/C22H28N2O3S/c1-5-23(6-2)28(26,27)19-11-12-21-18(15-19)8-7-13-24(21)22(25)20-14-16(3)9-10-17(20)4/h9-12,14-15H,5-8,13H2,1-4H3. The first-order valence-corrected chi connectivity index (χ1v) is 11.3. The highest BCUT2D eigenvalue weighted by Gasteiger charge is 2.28. The zero-order chi connectivity index (χ0) is 20.5. The minimum absolute atomic E-state index is 0.0264. The number of anilines is 1. The maximum Gasteiger partial charge on any atom is 0.258 e. The van der Waals surface area contributed by atoms with Gasteiger partial charge in [0.25, 0.3) is 5.91 Å². The summed E-state index contributed by atoms with van der Waals surface area (Å²) in [6.07, 6.45) is 1.59. The van der Waals surface area contributed by atoms with Gasteiger partial charge in [0.05, 0.1) is 4.90 Å². The van der Waals surface area contributed by atoms with Gasteiger partial charge in [0, 0.05) is 30.9 Å². The number of amides is 1. The molecule has 0 aromatic heterocycles. The van der Waals surface area contributed by atoms with Crippen LogP contribution in [0.2, 0.25) is 0 Å². The molecule has 0 fully saturated rings. The second-order valence-corrected chi connectivity index (χ2v) is 9.20. The van der Waals surface area contributed by atoms with Gasteiger partial charge in [0.15, 0.2) is 0 Å². The first kappa shape index (κ1) is 20.6. The predicted molar refractivity (Wildman–Crippen MR) is 112 cm³/mol. The number of rotatable bonds is 5. The molecule has 28 heavy (non-hydrogen) atoms. The molecular weight excluding hydrogens is 372 g/mol. The molecule has 2 aromatic rings. The van der Waals surface area contributed by atoms with Gasteiger partial charge < -0.3 is 4.90 Å². The minimum Gasteiger partial charge on any atom is -0.308 e. The van der Waals surface area contributed by atoms with Gasteiger partial charge in [-0.25, -0.2) is 8.42 Å². The van der Waals surface area contributed by atoms with Crippen LogP contribution in [0.5, 0.6) is 0 Å². The summed E-state index contributed by atoms with van der Waals surface area (Å²) in [6, 6.07) is 11.0. The number of fused-ring (bicyclic) bond motifs is 1. The van der Waals surface area contributed by atoms with Crippen molar-refractivity contribution in [3.63, 3.8) is 0 Å². The van der Waals surface area contributed by atoms with Crippen LogP contribution in [0.15, 0.2) is 41.3 Å². The Balaban J connectivity index is 2.00. The van der Waals surface area contributed by atoms with Crippen LogP contribution in [0.3, 0.4) is 0 Å². The summed E-state index contributed by atoms with van der Waals surface area (Å²) in [5, 5.41) is 0. The van der Waals surface area contributed by atoms with Gasteiger partial charge in [0.1, 0.15) is 0 Å². The molecule has 3 rings (SSSR count). The van der Waals surface area contributed by atoms with E-state index in [-0.39, 0.29) is 5.91 Å². The number of carbonyl (C=O) groups excluding carboxylic acids is 1. The van der Waals surface area contributed by atoms with Crippen molar-refractivity contribution in [3.05, 3.63) is 58.7 Å². The second kappa shape index (κ2) is 8.05. The first-order valence-electron chi connectivity index (χ1n) is 9.81. The smallest absolute Gasteiger partial charge is 0.258 e. The average Bonchev–Trinajstić information content (AvgIpc) is 2.69. The van der Waals surface area contributed by atoms with E-state index >= 15 is 0 Å². The third-order valence-electron chi connectivity index (χ3n) is 5.38. The molecule has 1 aliphatic rings. The van der Waals surface area contributed by atoms with Crippen LogP contribution in [0.4, 0.5) is 5.69 Å². The van der Waals surface area contributed by atoms with Gasteiger partial charge in [-0.2, -0.15) is 4.31 Å². The lowest BCUT2D eigenvalue weighted by molar-refractivity contribution is 0.0984. The van der Waals surface area contributed by atoms with Crippen LogP contribution in [-0.4, -0.2) is 38.3 Å². The summed E-state index contributed by atoms with van der Waals surface area (Å²) in [5.74, 6) is -0.0264. The number of hydrogen-bond donors (Lipinski definition) is 0. The summed E-state index contributed by atoms with van der Waals surface area (Å²) in [6.45, 7) is 9.11. The third-order valence-corrected chi connectivity index (χ3v) is 7.43. The average molecular weight is 401 g/mol. The van der Waals surface area contributed by atoms with Crippen molar-refractivity contribution in [1.82, 2.24) is 4.31 Å². The molecule has 0 radical (unpaired) electrons. The van der Waals surface area contributed by atoms with E-state index in [9.17, 15) is 13.2 Å². The zero-order valence-corrected chi connectivity index (χ0v) is 17.8. The molecule has 0 atom stereocenters. The zero-order valence-electron chi connectivity index (χ0n) is 17.0. The summed E-state index contributed by atoms with van der Waals surface area (Å²) >= 11 is 0. The van der Waals surface area contributed by atoms with Crippen LogP contribution in [-0.2, 0) is 16.4 Å². The van der Waals surface area contributed by atoms with E-state index in [1.807, 2.05) is 45.9 Å². The van der Waals surface area contributed by atoms with Crippen molar-refractivity contribution >= 4 is 21.6 Å². The number of nitrogens with zero attached hydrogens (tertiary/aromatic N) is 2. The second-order valence-electron chi connectivity index (χ2n) is 7.26. The molecule has 1 aliphatic heterocycles. The molecule has 0 saturated carbocycles. The van der Waals surface area contributed by atoms with Gasteiger partial charge in [0.2, 0.25) is 10.0 Å². The molecule has 0 N–H and O–H groups in total. The highest BCUT2D eigenvalue weighted by atomic mass is 32.2. The maximum absolute atomic E-state index is 13.2. The molecule has 1 amide bonds. The van der Waals surface area contributed by atoms with E-state index in [4.69, 9.17) is 0 Å². The molecular formula is C22H28N2O3S. The molecule has 6 heteroatoms. The Hall–Kier alpha value is -2.18. The number of sulfonamides is 1. The van der Waals surface area contributed by atoms with Crippen molar-refractivity contribution in [2.75, 3.05) is 24.5 Å². The van der Waals surface area contributed by atoms with Gasteiger partial charge in [-0.3, -0.25) is 4.79 Å². The van der Waals surface area contributed by atoms with Crippen molar-refractivity contribution in [3.8, 4) is 0 Å². The Morgan fingerprint density at radius 3 is 2.46 bits per heavy atom. The monoisotopic (exact) mass is 400 g/mol. The fourth-order valence-corrected chi connectivity index (χ4v) is 5.28. The number of hydrogen-bond acceptors (Lipinski definition) is 3. The molecule has 2 aromatic carbocycles. The highest BCUT2D eigenvalue weighted by Crippen LogP contribution is 2.32. The number of carbonyl (C=O) groups is 1. The molecule has 0 spiro atoms. The fourth-order valence-electron chi connectivity index (χ4n) is 3.77. The van der Waals surface area contributed by atoms with E-state index in [0.717, 1.165) is 35.2 Å². The normalized spacial score (nSPS) is 14.2. The number of aryl methyl sites for hydroxylation is 3. The molecule has 0 unspecified atom stereocenters. The van der Waals surface area contributed by atoms with Gasteiger partial charge in [-0.15, -0.1) is 0 Å². The van der Waals surface area contributed by atoms with Crippen LogP contribution in [0, 0.1) is 13.8 Å². The maximum atomic E-state index is 13.2. The SMILES string of the molecule is CCN(CC)S(=O)(=O)c1ccc2c(c1)CCCN2C(=O)c1cc(C)ccc1C. The minimum atomic E-state index is -3.51. The lowest BCUT2D eigenvalue weighted by Crippen LogP contribution is -2.36. The van der Waals surface area contributed by atoms with Crippen LogP contribution >= 0.6 is 0 Å². The Kier molecular flexibility index (Phi) is 5.91. The van der Waals surface area contributed by atoms with Crippen molar-refractivity contribution in [2.45, 2.75) is 45.4 Å². The lowest BCUT2D eigenvalue weighted by atomic mass is 9.99. The largest absolute Gasteiger partial charge is 0.308 e. The number of benzene rings is 2. The first-order chi connectivity index (χ1) is 13.3. The molecule has 0 aliphatic carbocycles. The van der Waals surface area contributed by atoms with Crippen molar-refractivity contribution in [1.29, 1.82) is 0 Å². The van der Waals surface area contributed by atoms with Crippen LogP contribution < -0.4 is 4.90 Å². The molecule has 0 bridgehead atoms. The van der Waals surface area contributed by atoms with Crippen molar-refractivity contribution in [2.24, 2.45) is 0 Å². The summed E-state index contributed by atoms with van der Waals surface area (Å²) in [7, 11) is -3.51. The van der Waals surface area contributed by atoms with Gasteiger partial charge in [-0.05, 0) is 62.1 Å². The highest BCUT2D eigenvalue weighted by molar-refractivity contribution is 7.89. The fraction of sp³-hybridized carbons (Fsp3) is 0.409. The molecule has 0 saturated heterocycles. The van der Waals surface area contributed by atoms with Crippen molar-refractivity contribution < 1.29 is 13.2 Å². The van der Waals surface area contributed by atoms with E-state index < -0.39 is 10.0 Å². The summed E-state index contributed by atoms with van der Waals surface area (Å²) in [5.41, 5.74) is 4.43. The van der Waals surface area contributed by atoms with E-state index in [1.165, 1.54) is 4.31 Å². The third kappa shape index (κ3) is 3.71. The van der Waals surface area contributed by atoms with E-state index in [0.29, 0.717) is 30.1 Å². The predicted octanol–water partition coefficient (Wildman–Crippen LogP) is 3.93.